The summed E-state index contributed by atoms with van der Waals surface area (Å²) in [5.41, 5.74) is -0.990. The number of rotatable bonds is 8. The highest BCUT2D eigenvalue weighted by molar-refractivity contribution is 8.15. The molecule has 162 valence electrons. The summed E-state index contributed by atoms with van der Waals surface area (Å²) < 4.78 is 6.98. The Hall–Kier alpha value is -3.01. The van der Waals surface area contributed by atoms with E-state index in [9.17, 15) is 19.5 Å². The number of hydrogen-bond acceptors (Lipinski definition) is 7. The third-order valence-corrected chi connectivity index (χ3v) is 5.32. The fourth-order valence-corrected chi connectivity index (χ4v) is 3.41. The lowest BCUT2D eigenvalue weighted by atomic mass is 10.3. The van der Waals surface area contributed by atoms with E-state index in [1.54, 1.807) is 31.4 Å². The summed E-state index contributed by atoms with van der Waals surface area (Å²) in [6.45, 7) is 2.59. The largest absolute Gasteiger partial charge is 0.497 e. The highest BCUT2D eigenvalue weighted by Crippen LogP contribution is 2.24. The summed E-state index contributed by atoms with van der Waals surface area (Å²) in [5, 5.41) is 13.4. The van der Waals surface area contributed by atoms with Crippen LogP contribution in [0.2, 0.25) is 0 Å². The number of aromatic hydroxyl groups is 1. The Balaban J connectivity index is 2.46. The second-order valence-corrected chi connectivity index (χ2v) is 7.48. The van der Waals surface area contributed by atoms with E-state index in [1.165, 1.54) is 14.1 Å². The molecule has 0 aliphatic rings. The van der Waals surface area contributed by atoms with Gasteiger partial charge in [0.2, 0.25) is 11.8 Å². The van der Waals surface area contributed by atoms with E-state index in [2.05, 4.69) is 10.3 Å². The van der Waals surface area contributed by atoms with Crippen LogP contribution in [0.1, 0.15) is 25.3 Å². The SMILES string of the molecule is CCCCNC(=O)CSC(=Nc1ccc(OC)cc1)c1c(O)n(C)c(=O)n(C)c1=O. The number of thioether (sulfide) groups is 1. The van der Waals surface area contributed by atoms with Gasteiger partial charge in [0.05, 0.1) is 18.6 Å². The van der Waals surface area contributed by atoms with Gasteiger partial charge in [-0.1, -0.05) is 25.1 Å². The Labute approximate surface area is 178 Å². The zero-order chi connectivity index (χ0) is 22.3. The fraction of sp³-hybridized carbons (Fsp3) is 0.400. The number of nitrogens with zero attached hydrogens (tertiary/aromatic N) is 3. The minimum atomic E-state index is -0.693. The number of nitrogens with one attached hydrogen (secondary N) is 1. The van der Waals surface area contributed by atoms with Crippen LogP contribution in [-0.2, 0) is 18.9 Å². The lowest BCUT2D eigenvalue weighted by Crippen LogP contribution is -2.39. The van der Waals surface area contributed by atoms with Crippen molar-refractivity contribution in [1.82, 2.24) is 14.5 Å². The highest BCUT2D eigenvalue weighted by atomic mass is 32.2. The van der Waals surface area contributed by atoms with Gasteiger partial charge in [0, 0.05) is 20.6 Å². The summed E-state index contributed by atoms with van der Waals surface area (Å²) in [4.78, 5) is 41.4. The molecule has 1 amide bonds. The molecule has 0 atom stereocenters. The second-order valence-electron chi connectivity index (χ2n) is 6.51. The van der Waals surface area contributed by atoms with Crippen molar-refractivity contribution in [2.75, 3.05) is 19.4 Å². The third-order valence-electron chi connectivity index (χ3n) is 4.34. The number of aromatic nitrogens is 2. The first-order valence-electron chi connectivity index (χ1n) is 9.41. The molecular formula is C20H26N4O5S. The number of unbranched alkanes of at least 4 members (excludes halogenated alkanes) is 1. The van der Waals surface area contributed by atoms with Crippen molar-refractivity contribution in [3.8, 4) is 11.6 Å². The molecule has 30 heavy (non-hydrogen) atoms. The summed E-state index contributed by atoms with van der Waals surface area (Å²) >= 11 is 1.02. The lowest BCUT2D eigenvalue weighted by Gasteiger charge is -2.12. The van der Waals surface area contributed by atoms with E-state index in [4.69, 9.17) is 4.74 Å². The van der Waals surface area contributed by atoms with Crippen LogP contribution >= 0.6 is 11.8 Å². The van der Waals surface area contributed by atoms with Gasteiger partial charge < -0.3 is 15.2 Å². The molecule has 0 radical (unpaired) electrons. The predicted molar refractivity (Wildman–Crippen MR) is 118 cm³/mol. The lowest BCUT2D eigenvalue weighted by molar-refractivity contribution is -0.118. The zero-order valence-corrected chi connectivity index (χ0v) is 18.3. The van der Waals surface area contributed by atoms with Gasteiger partial charge in [-0.2, -0.15) is 0 Å². The number of carbonyl (C=O) groups excluding carboxylic acids is 1. The average molecular weight is 435 g/mol. The van der Waals surface area contributed by atoms with E-state index in [-0.39, 0.29) is 22.3 Å². The van der Waals surface area contributed by atoms with Crippen LogP contribution in [0.25, 0.3) is 0 Å². The van der Waals surface area contributed by atoms with E-state index < -0.39 is 17.1 Å². The van der Waals surface area contributed by atoms with E-state index in [0.29, 0.717) is 18.0 Å². The van der Waals surface area contributed by atoms with Crippen molar-refractivity contribution in [1.29, 1.82) is 0 Å². The molecule has 0 unspecified atom stereocenters. The van der Waals surface area contributed by atoms with Gasteiger partial charge in [0.15, 0.2) is 0 Å². The Morgan fingerprint density at radius 3 is 2.47 bits per heavy atom. The van der Waals surface area contributed by atoms with Crippen molar-refractivity contribution in [3.63, 3.8) is 0 Å². The van der Waals surface area contributed by atoms with Gasteiger partial charge in [-0.05, 0) is 30.7 Å². The summed E-state index contributed by atoms with van der Waals surface area (Å²) in [6.07, 6.45) is 1.82. The van der Waals surface area contributed by atoms with Crippen molar-refractivity contribution in [2.45, 2.75) is 19.8 Å². The maximum absolute atomic E-state index is 12.7. The number of aliphatic imine (C=N–C) groups is 1. The molecule has 0 aliphatic heterocycles. The van der Waals surface area contributed by atoms with Crippen LogP contribution in [0.15, 0.2) is 38.8 Å². The van der Waals surface area contributed by atoms with Gasteiger partial charge in [-0.15, -0.1) is 0 Å². The number of amides is 1. The van der Waals surface area contributed by atoms with Gasteiger partial charge in [0.25, 0.3) is 5.56 Å². The number of benzene rings is 1. The minimum Gasteiger partial charge on any atom is -0.497 e. The van der Waals surface area contributed by atoms with E-state index in [1.807, 2.05) is 6.92 Å². The Morgan fingerprint density at radius 2 is 1.87 bits per heavy atom. The van der Waals surface area contributed by atoms with Crippen LogP contribution in [0.5, 0.6) is 11.6 Å². The molecule has 1 heterocycles. The first-order chi connectivity index (χ1) is 14.3. The molecular weight excluding hydrogens is 408 g/mol. The smallest absolute Gasteiger partial charge is 0.333 e. The Kier molecular flexibility index (Phi) is 8.28. The average Bonchev–Trinajstić information content (AvgIpc) is 2.75. The Morgan fingerprint density at radius 1 is 1.20 bits per heavy atom. The third kappa shape index (κ3) is 5.53. The quantitative estimate of drug-likeness (QED) is 0.370. The molecule has 0 spiro atoms. The van der Waals surface area contributed by atoms with Gasteiger partial charge >= 0.3 is 5.69 Å². The summed E-state index contributed by atoms with van der Waals surface area (Å²) in [6, 6.07) is 6.78. The second kappa shape index (κ2) is 10.7. The number of methoxy groups -OCH3 is 1. The molecule has 1 aromatic carbocycles. The molecule has 9 nitrogen and oxygen atoms in total. The normalized spacial score (nSPS) is 11.4. The first kappa shape index (κ1) is 23.3. The van der Waals surface area contributed by atoms with Crippen LogP contribution in [0, 0.1) is 0 Å². The molecule has 0 saturated heterocycles. The monoisotopic (exact) mass is 434 g/mol. The Bertz CT molecular complexity index is 1040. The summed E-state index contributed by atoms with van der Waals surface area (Å²) in [7, 11) is 4.22. The predicted octanol–water partition coefficient (Wildman–Crippen LogP) is 1.53. The molecule has 2 aromatic rings. The van der Waals surface area contributed by atoms with E-state index >= 15 is 0 Å². The van der Waals surface area contributed by atoms with Gasteiger partial charge in [-0.3, -0.25) is 18.7 Å². The van der Waals surface area contributed by atoms with Crippen molar-refractivity contribution in [2.24, 2.45) is 19.1 Å². The minimum absolute atomic E-state index is 0.00410. The number of ether oxygens (including phenoxy) is 1. The molecule has 2 N–H and O–H groups in total. The molecule has 0 saturated carbocycles. The topological polar surface area (TPSA) is 115 Å². The maximum atomic E-state index is 12.7. The highest BCUT2D eigenvalue weighted by Gasteiger charge is 2.21. The van der Waals surface area contributed by atoms with Crippen LogP contribution in [0.4, 0.5) is 5.69 Å². The summed E-state index contributed by atoms with van der Waals surface area (Å²) in [5.74, 6) is -0.0741. The molecule has 0 aliphatic carbocycles. The molecule has 1 aromatic heterocycles. The van der Waals surface area contributed by atoms with Gasteiger partial charge in [-0.25, -0.2) is 9.79 Å². The first-order valence-corrected chi connectivity index (χ1v) is 10.4. The van der Waals surface area contributed by atoms with Crippen LogP contribution in [-0.4, -0.2) is 44.6 Å². The number of hydrogen-bond donors (Lipinski definition) is 2. The fourth-order valence-electron chi connectivity index (χ4n) is 2.54. The standard InChI is InChI=1S/C20H26N4O5S/c1-5-6-11-21-15(25)12-30-17(22-13-7-9-14(29-4)10-8-13)16-18(26)23(2)20(28)24(3)19(16)27/h7-10,26H,5-6,11-12H2,1-4H3,(H,21,25). The van der Waals surface area contributed by atoms with Crippen molar-refractivity contribution in [3.05, 3.63) is 50.7 Å². The van der Waals surface area contributed by atoms with Crippen LogP contribution < -0.4 is 21.3 Å². The molecule has 0 fully saturated rings. The van der Waals surface area contributed by atoms with E-state index in [0.717, 1.165) is 33.7 Å². The maximum Gasteiger partial charge on any atom is 0.333 e. The van der Waals surface area contributed by atoms with Crippen LogP contribution in [0.3, 0.4) is 0 Å². The van der Waals surface area contributed by atoms with Gasteiger partial charge in [0.1, 0.15) is 16.4 Å². The number of carbonyl (C=O) groups is 1. The molecule has 2 rings (SSSR count). The molecule has 10 heteroatoms. The molecule has 0 bridgehead atoms. The van der Waals surface area contributed by atoms with Crippen molar-refractivity contribution >= 4 is 28.4 Å². The van der Waals surface area contributed by atoms with Crippen molar-refractivity contribution < 1.29 is 14.6 Å². The zero-order valence-electron chi connectivity index (χ0n) is 17.5.